The fourth-order valence-corrected chi connectivity index (χ4v) is 4.83. The number of ether oxygens (including phenoxy) is 1. The Morgan fingerprint density at radius 3 is 2.55 bits per heavy atom. The van der Waals surface area contributed by atoms with E-state index in [4.69, 9.17) is 16.3 Å². The van der Waals surface area contributed by atoms with Crippen LogP contribution in [0.15, 0.2) is 41.4 Å². The molecule has 1 aliphatic heterocycles. The highest BCUT2D eigenvalue weighted by atomic mass is 35.5. The molecule has 9 heteroatoms. The van der Waals surface area contributed by atoms with Crippen molar-refractivity contribution in [3.8, 4) is 5.75 Å². The first-order valence-electron chi connectivity index (χ1n) is 9.51. The van der Waals surface area contributed by atoms with Crippen LogP contribution >= 0.6 is 11.6 Å². The molecular formula is C20H24ClN3O4S. The first-order chi connectivity index (χ1) is 13.8. The Labute approximate surface area is 176 Å². The molecule has 0 bridgehead atoms. The van der Waals surface area contributed by atoms with Gasteiger partial charge in [0.25, 0.3) is 5.91 Å². The average molecular weight is 438 g/mol. The fraction of sp³-hybridized carbons (Fsp3) is 0.400. The van der Waals surface area contributed by atoms with Crippen molar-refractivity contribution in [3.05, 3.63) is 47.2 Å². The number of halogens is 1. The molecule has 1 aliphatic rings. The van der Waals surface area contributed by atoms with Gasteiger partial charge in [-0.2, -0.15) is 4.31 Å². The van der Waals surface area contributed by atoms with E-state index in [1.54, 1.807) is 6.07 Å². The summed E-state index contributed by atoms with van der Waals surface area (Å²) >= 11 is 5.86. The molecule has 29 heavy (non-hydrogen) atoms. The van der Waals surface area contributed by atoms with Crippen LogP contribution in [0.1, 0.15) is 43.5 Å². The number of nitrogens with one attached hydrogen (secondary N) is 1. The molecule has 0 aliphatic carbocycles. The van der Waals surface area contributed by atoms with Crippen molar-refractivity contribution in [1.29, 1.82) is 0 Å². The lowest BCUT2D eigenvalue weighted by Crippen LogP contribution is -2.35. The van der Waals surface area contributed by atoms with Crippen LogP contribution in [0.5, 0.6) is 5.75 Å². The predicted octanol–water partition coefficient (Wildman–Crippen LogP) is 3.95. The highest BCUT2D eigenvalue weighted by Crippen LogP contribution is 2.31. The third-order valence-electron chi connectivity index (χ3n) is 4.50. The second kappa shape index (κ2) is 9.11. The van der Waals surface area contributed by atoms with E-state index in [2.05, 4.69) is 10.3 Å². The number of piperidine rings is 1. The number of rotatable bonds is 6. The molecule has 1 aromatic heterocycles. The summed E-state index contributed by atoms with van der Waals surface area (Å²) < 4.78 is 33.3. The van der Waals surface area contributed by atoms with Gasteiger partial charge >= 0.3 is 0 Å². The Balaban J connectivity index is 1.94. The summed E-state index contributed by atoms with van der Waals surface area (Å²) in [4.78, 5) is 16.6. The molecule has 2 aromatic rings. The van der Waals surface area contributed by atoms with Gasteiger partial charge in [0.05, 0.1) is 16.7 Å². The summed E-state index contributed by atoms with van der Waals surface area (Å²) in [5.74, 6) is -0.0403. The van der Waals surface area contributed by atoms with Crippen LogP contribution < -0.4 is 10.1 Å². The maximum atomic E-state index is 13.0. The number of nitrogens with zero attached hydrogens (tertiary/aromatic N) is 2. The summed E-state index contributed by atoms with van der Waals surface area (Å²) in [6.45, 7) is 4.72. The van der Waals surface area contributed by atoms with Crippen LogP contribution in [0.4, 0.5) is 5.69 Å². The molecule has 1 amide bonds. The third-order valence-corrected chi connectivity index (χ3v) is 6.60. The van der Waals surface area contributed by atoms with E-state index in [1.165, 1.54) is 34.8 Å². The molecule has 0 atom stereocenters. The third kappa shape index (κ3) is 5.26. The van der Waals surface area contributed by atoms with Crippen molar-refractivity contribution in [2.24, 2.45) is 0 Å². The lowest BCUT2D eigenvalue weighted by atomic mass is 10.2. The van der Waals surface area contributed by atoms with Crippen molar-refractivity contribution < 1.29 is 17.9 Å². The van der Waals surface area contributed by atoms with E-state index in [9.17, 15) is 13.2 Å². The highest BCUT2D eigenvalue weighted by Gasteiger charge is 2.27. The Bertz CT molecular complexity index is 989. The van der Waals surface area contributed by atoms with Crippen molar-refractivity contribution in [3.63, 3.8) is 0 Å². The largest absolute Gasteiger partial charge is 0.489 e. The zero-order chi connectivity index (χ0) is 21.0. The standard InChI is InChI=1S/C20H24ClN3O4S/c1-14(2)28-18-7-6-16(29(26,27)24-10-4-3-5-11-24)13-17(18)23-20(25)15-8-9-22-19(21)12-15/h6-9,12-14H,3-5,10-11H2,1-2H3,(H,23,25). The van der Waals surface area contributed by atoms with Crippen molar-refractivity contribution in [2.75, 3.05) is 18.4 Å². The predicted molar refractivity (Wildman–Crippen MR) is 112 cm³/mol. The second-order valence-corrected chi connectivity index (χ2v) is 9.44. The number of aromatic nitrogens is 1. The maximum absolute atomic E-state index is 13.0. The van der Waals surface area contributed by atoms with Crippen LogP contribution in [0.2, 0.25) is 5.15 Å². The maximum Gasteiger partial charge on any atom is 0.255 e. The van der Waals surface area contributed by atoms with E-state index in [0.29, 0.717) is 24.4 Å². The second-order valence-electron chi connectivity index (χ2n) is 7.11. The lowest BCUT2D eigenvalue weighted by molar-refractivity contribution is 0.102. The summed E-state index contributed by atoms with van der Waals surface area (Å²) in [5, 5.41) is 2.93. The lowest BCUT2D eigenvalue weighted by Gasteiger charge is -2.26. The zero-order valence-electron chi connectivity index (χ0n) is 16.4. The van der Waals surface area contributed by atoms with Gasteiger partial charge in [-0.05, 0) is 57.0 Å². The smallest absolute Gasteiger partial charge is 0.255 e. The van der Waals surface area contributed by atoms with Gasteiger partial charge in [-0.1, -0.05) is 18.0 Å². The summed E-state index contributed by atoms with van der Waals surface area (Å²) in [6.07, 6.45) is 4.01. The van der Waals surface area contributed by atoms with Crippen LogP contribution in [-0.2, 0) is 10.0 Å². The molecule has 1 saturated heterocycles. The minimum atomic E-state index is -3.64. The van der Waals surface area contributed by atoms with Crippen LogP contribution in [0.25, 0.3) is 0 Å². The molecule has 0 unspecified atom stereocenters. The molecule has 1 fully saturated rings. The zero-order valence-corrected chi connectivity index (χ0v) is 18.0. The molecule has 7 nitrogen and oxygen atoms in total. The topological polar surface area (TPSA) is 88.6 Å². The molecule has 1 aromatic carbocycles. The average Bonchev–Trinajstić information content (AvgIpc) is 2.69. The van der Waals surface area contributed by atoms with E-state index >= 15 is 0 Å². The van der Waals surface area contributed by atoms with Gasteiger partial charge in [-0.25, -0.2) is 13.4 Å². The van der Waals surface area contributed by atoms with Gasteiger partial charge in [0.15, 0.2) is 0 Å². The molecule has 1 N–H and O–H groups in total. The summed E-state index contributed by atoms with van der Waals surface area (Å²) in [7, 11) is -3.64. The van der Waals surface area contributed by atoms with E-state index < -0.39 is 15.9 Å². The monoisotopic (exact) mass is 437 g/mol. The molecule has 156 valence electrons. The normalized spacial score (nSPS) is 15.3. The summed E-state index contributed by atoms with van der Waals surface area (Å²) in [6, 6.07) is 7.50. The first kappa shape index (κ1) is 21.5. The first-order valence-corrected chi connectivity index (χ1v) is 11.3. The molecule has 0 radical (unpaired) electrons. The van der Waals surface area contributed by atoms with Gasteiger partial charge in [0.1, 0.15) is 10.9 Å². The van der Waals surface area contributed by atoms with Gasteiger partial charge < -0.3 is 10.1 Å². The SMILES string of the molecule is CC(C)Oc1ccc(S(=O)(=O)N2CCCCC2)cc1NC(=O)c1ccnc(Cl)c1. The Hall–Kier alpha value is -2.16. The number of amides is 1. The number of carbonyl (C=O) groups excluding carboxylic acids is 1. The summed E-state index contributed by atoms with van der Waals surface area (Å²) in [5.41, 5.74) is 0.597. The van der Waals surface area contributed by atoms with Crippen molar-refractivity contribution in [1.82, 2.24) is 9.29 Å². The molecule has 0 spiro atoms. The van der Waals surface area contributed by atoms with Gasteiger partial charge in [-0.3, -0.25) is 4.79 Å². The van der Waals surface area contributed by atoms with Crippen LogP contribution in [0, 0.1) is 0 Å². The number of hydrogen-bond donors (Lipinski definition) is 1. The van der Waals surface area contributed by atoms with Gasteiger partial charge in [-0.15, -0.1) is 0 Å². The molecule has 2 heterocycles. The minimum absolute atomic E-state index is 0.124. The molecule has 3 rings (SSSR count). The minimum Gasteiger partial charge on any atom is -0.489 e. The Kier molecular flexibility index (Phi) is 6.77. The van der Waals surface area contributed by atoms with E-state index in [0.717, 1.165) is 19.3 Å². The Morgan fingerprint density at radius 2 is 1.90 bits per heavy atom. The van der Waals surface area contributed by atoms with Gasteiger partial charge in [0.2, 0.25) is 10.0 Å². The highest BCUT2D eigenvalue weighted by molar-refractivity contribution is 7.89. The fourth-order valence-electron chi connectivity index (χ4n) is 3.12. The van der Waals surface area contributed by atoms with E-state index in [1.807, 2.05) is 13.8 Å². The number of anilines is 1. The molecular weight excluding hydrogens is 414 g/mol. The number of pyridine rings is 1. The number of carbonyl (C=O) groups is 1. The van der Waals surface area contributed by atoms with Gasteiger partial charge in [0, 0.05) is 24.8 Å². The molecule has 0 saturated carbocycles. The van der Waals surface area contributed by atoms with E-state index in [-0.39, 0.29) is 21.8 Å². The van der Waals surface area contributed by atoms with Crippen LogP contribution in [0.3, 0.4) is 0 Å². The number of hydrogen-bond acceptors (Lipinski definition) is 5. The van der Waals surface area contributed by atoms with Crippen LogP contribution in [-0.4, -0.2) is 42.8 Å². The Morgan fingerprint density at radius 1 is 1.17 bits per heavy atom. The van der Waals surface area contributed by atoms with Crippen molar-refractivity contribution >= 4 is 33.2 Å². The quantitative estimate of drug-likeness (QED) is 0.691. The van der Waals surface area contributed by atoms with Crippen molar-refractivity contribution in [2.45, 2.75) is 44.1 Å². The number of sulfonamides is 1. The number of benzene rings is 1.